The Morgan fingerprint density at radius 2 is 1.94 bits per heavy atom. The molecule has 182 valence electrons. The van der Waals surface area contributed by atoms with Crippen LogP contribution in [0.1, 0.15) is 24.8 Å². The number of likely N-dealkylation sites (tertiary alicyclic amines) is 2. The lowest BCUT2D eigenvalue weighted by atomic mass is 9.83. The first-order valence-electron chi connectivity index (χ1n) is 12.4. The molecule has 0 aliphatic carbocycles. The molecule has 4 aromatic rings. The Morgan fingerprint density at radius 1 is 1.14 bits per heavy atom. The Morgan fingerprint density at radius 3 is 2.72 bits per heavy atom. The van der Waals surface area contributed by atoms with Crippen molar-refractivity contribution in [3.05, 3.63) is 66.9 Å². The zero-order chi connectivity index (χ0) is 24.5. The van der Waals surface area contributed by atoms with E-state index in [-0.39, 0.29) is 11.4 Å². The van der Waals surface area contributed by atoms with Crippen LogP contribution in [0, 0.1) is 11.3 Å². The van der Waals surface area contributed by atoms with Crippen LogP contribution in [0.2, 0.25) is 0 Å². The number of nitrogens with one attached hydrogen (secondary N) is 1. The van der Waals surface area contributed by atoms with Gasteiger partial charge in [0, 0.05) is 55.6 Å². The molecule has 2 aliphatic heterocycles. The van der Waals surface area contributed by atoms with Crippen LogP contribution in [0.5, 0.6) is 0 Å². The lowest BCUT2D eigenvalue weighted by molar-refractivity contribution is -0.133. The fourth-order valence-corrected chi connectivity index (χ4v) is 5.62. The van der Waals surface area contributed by atoms with Gasteiger partial charge in [-0.1, -0.05) is 30.3 Å². The van der Waals surface area contributed by atoms with Gasteiger partial charge in [0.05, 0.1) is 30.8 Å². The average Bonchev–Trinajstić information content (AvgIpc) is 3.57. The minimum Gasteiger partial charge on any atom is -0.346 e. The third kappa shape index (κ3) is 4.03. The summed E-state index contributed by atoms with van der Waals surface area (Å²) >= 11 is 0. The summed E-state index contributed by atoms with van der Waals surface area (Å²) in [6.07, 6.45) is 10.0. The van der Waals surface area contributed by atoms with E-state index in [1.165, 1.54) is 0 Å². The molecule has 0 radical (unpaired) electrons. The maximum atomic E-state index is 12.7. The van der Waals surface area contributed by atoms with Gasteiger partial charge in [-0.3, -0.25) is 14.4 Å². The average molecular weight is 481 g/mol. The molecule has 0 bridgehead atoms. The van der Waals surface area contributed by atoms with Crippen LogP contribution in [0.3, 0.4) is 0 Å². The highest BCUT2D eigenvalue weighted by atomic mass is 16.2. The molecule has 3 aromatic heterocycles. The number of nitriles is 1. The van der Waals surface area contributed by atoms with Crippen molar-refractivity contribution in [1.82, 2.24) is 34.5 Å². The van der Waals surface area contributed by atoms with Crippen molar-refractivity contribution >= 4 is 16.9 Å². The second-order valence-corrected chi connectivity index (χ2v) is 9.87. The van der Waals surface area contributed by atoms with Gasteiger partial charge in [-0.25, -0.2) is 9.97 Å². The number of H-pyrrole nitrogens is 1. The third-order valence-electron chi connectivity index (χ3n) is 7.63. The summed E-state index contributed by atoms with van der Waals surface area (Å²) < 4.78 is 1.96. The van der Waals surface area contributed by atoms with Gasteiger partial charge in [0.25, 0.3) is 0 Å². The molecule has 0 saturated carbocycles. The monoisotopic (exact) mass is 480 g/mol. The predicted molar refractivity (Wildman–Crippen MR) is 135 cm³/mol. The lowest BCUT2D eigenvalue weighted by Crippen LogP contribution is -2.66. The Hall–Kier alpha value is -4.03. The molecule has 2 saturated heterocycles. The molecule has 1 aromatic carbocycles. The van der Waals surface area contributed by atoms with E-state index in [0.29, 0.717) is 18.9 Å². The number of rotatable bonds is 6. The second kappa shape index (κ2) is 9.21. The molecule has 9 nitrogen and oxygen atoms in total. The van der Waals surface area contributed by atoms with Gasteiger partial charge in [-0.05, 0) is 24.5 Å². The first-order chi connectivity index (χ1) is 17.6. The van der Waals surface area contributed by atoms with Gasteiger partial charge in [0.1, 0.15) is 17.5 Å². The van der Waals surface area contributed by atoms with Crippen molar-refractivity contribution in [3.63, 3.8) is 0 Å². The summed E-state index contributed by atoms with van der Waals surface area (Å²) in [6.45, 7) is 3.13. The highest BCUT2D eigenvalue weighted by molar-refractivity contribution is 5.90. The van der Waals surface area contributed by atoms with Crippen molar-refractivity contribution in [1.29, 1.82) is 5.26 Å². The number of nitrogens with zero attached hydrogens (tertiary/aromatic N) is 7. The van der Waals surface area contributed by atoms with E-state index in [4.69, 9.17) is 0 Å². The van der Waals surface area contributed by atoms with Crippen LogP contribution in [0.15, 0.2) is 61.3 Å². The van der Waals surface area contributed by atoms with Gasteiger partial charge in [-0.2, -0.15) is 10.4 Å². The van der Waals surface area contributed by atoms with Gasteiger partial charge < -0.3 is 9.88 Å². The summed E-state index contributed by atoms with van der Waals surface area (Å²) in [5.41, 5.74) is 3.28. The van der Waals surface area contributed by atoms with Gasteiger partial charge >= 0.3 is 0 Å². The van der Waals surface area contributed by atoms with Crippen LogP contribution in [-0.2, 0) is 16.8 Å². The number of carbonyl (C=O) groups excluding carboxylic acids is 1. The van der Waals surface area contributed by atoms with E-state index in [9.17, 15) is 10.1 Å². The van der Waals surface area contributed by atoms with Crippen molar-refractivity contribution in [2.24, 2.45) is 0 Å². The summed E-state index contributed by atoms with van der Waals surface area (Å²) in [5, 5.41) is 15.2. The fourth-order valence-electron chi connectivity index (χ4n) is 5.62. The zero-order valence-corrected chi connectivity index (χ0v) is 20.0. The van der Waals surface area contributed by atoms with Gasteiger partial charge in [0.15, 0.2) is 0 Å². The minimum atomic E-state index is -0.336. The molecule has 2 fully saturated rings. The van der Waals surface area contributed by atoms with Crippen LogP contribution in [-0.4, -0.2) is 72.7 Å². The van der Waals surface area contributed by atoms with Crippen molar-refractivity contribution in [3.8, 4) is 17.3 Å². The number of amides is 1. The largest absolute Gasteiger partial charge is 0.346 e. The Labute approximate surface area is 209 Å². The summed E-state index contributed by atoms with van der Waals surface area (Å²) in [4.78, 5) is 29.1. The Kier molecular flexibility index (Phi) is 5.74. The normalized spacial score (nSPS) is 18.1. The molecule has 36 heavy (non-hydrogen) atoms. The number of hydrogen-bond acceptors (Lipinski definition) is 6. The van der Waals surface area contributed by atoms with Crippen LogP contribution >= 0.6 is 0 Å². The van der Waals surface area contributed by atoms with Crippen molar-refractivity contribution in [2.45, 2.75) is 37.3 Å². The molecule has 5 heterocycles. The first kappa shape index (κ1) is 22.4. The molecule has 1 amide bonds. The van der Waals surface area contributed by atoms with Gasteiger partial charge in [-0.15, -0.1) is 0 Å². The maximum Gasteiger partial charge on any atom is 0.226 e. The van der Waals surface area contributed by atoms with E-state index < -0.39 is 0 Å². The smallest absolute Gasteiger partial charge is 0.226 e. The number of aromatic nitrogens is 5. The SMILES string of the molecule is N#CCC1(n2cc(-c3ncnc4[nH]ccc34)cn2)CN(C2CCN(C(=O)Cc3ccccc3)CC2)C1. The number of hydrogen-bond donors (Lipinski definition) is 1. The van der Waals surface area contributed by atoms with E-state index >= 15 is 0 Å². The van der Waals surface area contributed by atoms with Crippen LogP contribution in [0.4, 0.5) is 0 Å². The quantitative estimate of drug-likeness (QED) is 0.455. The molecule has 2 aliphatic rings. The van der Waals surface area contributed by atoms with E-state index in [2.05, 4.69) is 31.0 Å². The second-order valence-electron chi connectivity index (χ2n) is 9.87. The number of aromatic amines is 1. The maximum absolute atomic E-state index is 12.7. The lowest BCUT2D eigenvalue weighted by Gasteiger charge is -2.53. The molecule has 6 rings (SSSR count). The molecular weight excluding hydrogens is 452 g/mol. The summed E-state index contributed by atoms with van der Waals surface area (Å²) in [5.74, 6) is 0.201. The summed E-state index contributed by atoms with van der Waals surface area (Å²) in [7, 11) is 0. The summed E-state index contributed by atoms with van der Waals surface area (Å²) in [6, 6.07) is 14.7. The molecule has 0 unspecified atom stereocenters. The highest BCUT2D eigenvalue weighted by Crippen LogP contribution is 2.37. The topological polar surface area (TPSA) is 107 Å². The zero-order valence-electron chi connectivity index (χ0n) is 20.0. The molecular formula is C27H28N8O. The van der Waals surface area contributed by atoms with Gasteiger partial charge in [0.2, 0.25) is 5.91 Å². The molecule has 0 spiro atoms. The number of benzene rings is 1. The van der Waals surface area contributed by atoms with Crippen LogP contribution in [0.25, 0.3) is 22.3 Å². The first-order valence-corrected chi connectivity index (χ1v) is 12.4. The van der Waals surface area contributed by atoms with Crippen LogP contribution < -0.4 is 0 Å². The number of carbonyl (C=O) groups is 1. The van der Waals surface area contributed by atoms with E-state index in [1.54, 1.807) is 6.33 Å². The predicted octanol–water partition coefficient (Wildman–Crippen LogP) is 2.98. The minimum absolute atomic E-state index is 0.201. The van der Waals surface area contributed by atoms with E-state index in [1.807, 2.05) is 64.6 Å². The fraction of sp³-hybridized carbons (Fsp3) is 0.370. The Bertz CT molecular complexity index is 1400. The highest BCUT2D eigenvalue weighted by Gasteiger charge is 2.48. The number of fused-ring (bicyclic) bond motifs is 1. The van der Waals surface area contributed by atoms with Crippen molar-refractivity contribution in [2.75, 3.05) is 26.2 Å². The molecule has 1 N–H and O–H groups in total. The van der Waals surface area contributed by atoms with Crippen molar-refractivity contribution < 1.29 is 4.79 Å². The van der Waals surface area contributed by atoms with E-state index in [0.717, 1.165) is 66.9 Å². The standard InChI is InChI=1S/C27H28N8O/c28-10-9-27(35-16-21(15-32-35)25-23-6-11-29-26(23)31-19-30-25)17-34(18-27)22-7-12-33(13-8-22)24(36)14-20-4-2-1-3-5-20/h1-6,11,15-16,19,22H,7-9,12-14,17-18H2,(H,29,30,31). The third-order valence-corrected chi connectivity index (χ3v) is 7.63. The number of piperidine rings is 1. The Balaban J connectivity index is 1.10. The molecule has 9 heteroatoms. The molecule has 0 atom stereocenters.